The lowest BCUT2D eigenvalue weighted by Crippen LogP contribution is -1.96. The van der Waals surface area contributed by atoms with Crippen molar-refractivity contribution in [2.75, 3.05) is 0 Å². The summed E-state index contributed by atoms with van der Waals surface area (Å²) in [6, 6.07) is 6.92. The molecule has 0 amide bonds. The molecule has 7 heteroatoms. The quantitative estimate of drug-likeness (QED) is 0.402. The molecule has 0 bridgehead atoms. The Morgan fingerprint density at radius 1 is 0.955 bits per heavy atom. The van der Waals surface area contributed by atoms with Gasteiger partial charge in [-0.15, -0.1) is 0 Å². The zero-order valence-corrected chi connectivity index (χ0v) is 14.5. The minimum Gasteiger partial charge on any atom is -0.236 e. The van der Waals surface area contributed by atoms with Crippen LogP contribution >= 0.6 is 58.0 Å². The minimum absolute atomic E-state index is 0.0137. The highest BCUT2D eigenvalue weighted by Gasteiger charge is 2.22. The van der Waals surface area contributed by atoms with Crippen LogP contribution in [0, 0.1) is 17.9 Å². The number of rotatable bonds is 2. The highest BCUT2D eigenvalue weighted by molar-refractivity contribution is 6.46. The second kappa shape index (κ2) is 6.97. The average molecular weight is 390 g/mol. The van der Waals surface area contributed by atoms with Crippen LogP contribution in [0.4, 0.5) is 5.69 Å². The van der Waals surface area contributed by atoms with Crippen molar-refractivity contribution in [3.63, 3.8) is 0 Å². The first kappa shape index (κ1) is 17.2. The molecular weight excluding hydrogens is 385 g/mol. The predicted octanol–water partition coefficient (Wildman–Crippen LogP) is 6.97. The molecule has 2 aromatic carbocycles. The fourth-order valence-corrected chi connectivity index (χ4v) is 3.32. The molecule has 0 aliphatic heterocycles. The lowest BCUT2D eigenvalue weighted by atomic mass is 10.0. The fourth-order valence-electron chi connectivity index (χ4n) is 1.95. The number of nitriles is 1. The third-order valence-corrected chi connectivity index (χ3v) is 5.00. The van der Waals surface area contributed by atoms with E-state index < -0.39 is 0 Å². The third kappa shape index (κ3) is 2.99. The Hall–Kier alpha value is -1.13. The molecule has 2 aromatic rings. The molecule has 0 spiro atoms. The molecule has 0 saturated carbocycles. The summed E-state index contributed by atoms with van der Waals surface area (Å²) in [4.78, 5) is 3.37. The van der Waals surface area contributed by atoms with Gasteiger partial charge in [0.05, 0.1) is 27.2 Å². The molecule has 0 aliphatic rings. The number of halogens is 5. The fraction of sp³-hybridized carbons (Fsp3) is 0.0667. The average Bonchev–Trinajstić information content (AvgIpc) is 2.48. The second-order valence-electron chi connectivity index (χ2n) is 4.24. The number of hydrogen-bond acceptors (Lipinski definition) is 1. The Morgan fingerprint density at radius 2 is 1.55 bits per heavy atom. The van der Waals surface area contributed by atoms with Gasteiger partial charge >= 0.3 is 0 Å². The van der Waals surface area contributed by atoms with E-state index in [1.165, 1.54) is 0 Å². The van der Waals surface area contributed by atoms with Gasteiger partial charge in [0.2, 0.25) is 5.69 Å². The molecule has 0 atom stereocenters. The van der Waals surface area contributed by atoms with Gasteiger partial charge in [0.25, 0.3) is 0 Å². The first-order valence-electron chi connectivity index (χ1n) is 5.82. The first-order chi connectivity index (χ1) is 10.4. The molecule has 0 saturated heterocycles. The maximum atomic E-state index is 9.09. The van der Waals surface area contributed by atoms with Crippen molar-refractivity contribution in [1.29, 1.82) is 5.26 Å². The van der Waals surface area contributed by atoms with E-state index in [4.69, 9.17) is 69.8 Å². The van der Waals surface area contributed by atoms with Gasteiger partial charge in [0, 0.05) is 10.0 Å². The minimum atomic E-state index is -0.0231. The van der Waals surface area contributed by atoms with Crippen molar-refractivity contribution >= 4 is 63.7 Å². The Balaban J connectivity index is 2.72. The molecule has 22 heavy (non-hydrogen) atoms. The summed E-state index contributed by atoms with van der Waals surface area (Å²) in [6.07, 6.45) is 0.181. The smallest absolute Gasteiger partial charge is 0.211 e. The van der Waals surface area contributed by atoms with Crippen LogP contribution in [-0.4, -0.2) is 0 Å². The van der Waals surface area contributed by atoms with Gasteiger partial charge in [-0.05, 0) is 29.7 Å². The Labute approximate surface area is 152 Å². The van der Waals surface area contributed by atoms with E-state index in [1.807, 2.05) is 6.07 Å². The monoisotopic (exact) mass is 388 g/mol. The van der Waals surface area contributed by atoms with Crippen LogP contribution in [0.1, 0.15) is 16.7 Å². The van der Waals surface area contributed by atoms with E-state index in [0.717, 1.165) is 0 Å². The first-order valence-corrected chi connectivity index (χ1v) is 7.71. The van der Waals surface area contributed by atoms with Gasteiger partial charge in [0.15, 0.2) is 0 Å². The topological polar surface area (TPSA) is 28.1 Å². The molecule has 0 N–H and O–H groups in total. The summed E-state index contributed by atoms with van der Waals surface area (Å²) in [5.41, 5.74) is 1.05. The maximum Gasteiger partial charge on any atom is 0.211 e. The summed E-state index contributed by atoms with van der Waals surface area (Å²) in [6.45, 7) is 7.30. The Morgan fingerprint density at radius 3 is 2.05 bits per heavy atom. The normalized spacial score (nSPS) is 10.1. The molecular formula is C15H5Cl5N2. The van der Waals surface area contributed by atoms with Crippen molar-refractivity contribution in [1.82, 2.24) is 0 Å². The second-order valence-corrected chi connectivity index (χ2v) is 6.19. The van der Waals surface area contributed by atoms with Crippen molar-refractivity contribution in [3.8, 4) is 6.07 Å². The van der Waals surface area contributed by atoms with Gasteiger partial charge in [0.1, 0.15) is 6.07 Å². The molecule has 0 aliphatic carbocycles. The highest BCUT2D eigenvalue weighted by atomic mass is 35.5. The van der Waals surface area contributed by atoms with E-state index >= 15 is 0 Å². The highest BCUT2D eigenvalue weighted by Crippen LogP contribution is 2.44. The summed E-state index contributed by atoms with van der Waals surface area (Å²) < 4.78 is 0. The lowest BCUT2D eigenvalue weighted by Gasteiger charge is -2.14. The van der Waals surface area contributed by atoms with Crippen LogP contribution in [-0.2, 0) is 6.42 Å². The van der Waals surface area contributed by atoms with E-state index in [-0.39, 0.29) is 32.7 Å². The van der Waals surface area contributed by atoms with Gasteiger partial charge in [-0.2, -0.15) is 5.26 Å². The lowest BCUT2D eigenvalue weighted by molar-refractivity contribution is 1.20. The van der Waals surface area contributed by atoms with Crippen molar-refractivity contribution in [3.05, 3.63) is 71.4 Å². The molecule has 0 heterocycles. The van der Waals surface area contributed by atoms with E-state index in [9.17, 15) is 0 Å². The van der Waals surface area contributed by atoms with Crippen LogP contribution in [0.3, 0.4) is 0 Å². The van der Waals surface area contributed by atoms with Gasteiger partial charge in [-0.1, -0.05) is 64.1 Å². The van der Waals surface area contributed by atoms with E-state index in [2.05, 4.69) is 4.85 Å². The Kier molecular flexibility index (Phi) is 5.45. The standard InChI is InChI=1S/C15H5Cl5N2/c1-22-15-8(5-7-10(16)3-2-4-11(7)17)12(18)13(19)9(6-21)14(15)20/h2-4H,5H2. The molecule has 2 rings (SSSR count). The number of benzene rings is 2. The molecule has 0 unspecified atom stereocenters. The van der Waals surface area contributed by atoms with Crippen LogP contribution < -0.4 is 0 Å². The van der Waals surface area contributed by atoms with Crippen LogP contribution in [0.25, 0.3) is 4.85 Å². The molecule has 0 fully saturated rings. The molecule has 0 radical (unpaired) electrons. The van der Waals surface area contributed by atoms with Crippen molar-refractivity contribution in [2.45, 2.75) is 6.42 Å². The maximum absolute atomic E-state index is 9.09. The predicted molar refractivity (Wildman–Crippen MR) is 91.7 cm³/mol. The number of hydrogen-bond donors (Lipinski definition) is 0. The van der Waals surface area contributed by atoms with E-state index in [0.29, 0.717) is 21.2 Å². The van der Waals surface area contributed by atoms with E-state index in [1.54, 1.807) is 18.2 Å². The summed E-state index contributed by atoms with van der Waals surface area (Å²) in [7, 11) is 0. The summed E-state index contributed by atoms with van der Waals surface area (Å²) >= 11 is 30.7. The largest absolute Gasteiger partial charge is 0.236 e. The summed E-state index contributed by atoms with van der Waals surface area (Å²) in [5.74, 6) is 0. The third-order valence-electron chi connectivity index (χ3n) is 3.03. The van der Waals surface area contributed by atoms with Crippen molar-refractivity contribution < 1.29 is 0 Å². The van der Waals surface area contributed by atoms with Crippen LogP contribution in [0.2, 0.25) is 25.1 Å². The zero-order valence-electron chi connectivity index (χ0n) is 10.7. The molecule has 110 valence electrons. The molecule has 2 nitrogen and oxygen atoms in total. The van der Waals surface area contributed by atoms with Crippen LogP contribution in [0.15, 0.2) is 18.2 Å². The Bertz CT molecular complexity index is 826. The SMILES string of the molecule is [C-]#[N+]c1c(Cl)c(C#N)c(Cl)c(Cl)c1Cc1c(Cl)cccc1Cl. The van der Waals surface area contributed by atoms with Crippen molar-refractivity contribution in [2.24, 2.45) is 0 Å². The zero-order chi connectivity index (χ0) is 16.4. The summed E-state index contributed by atoms with van der Waals surface area (Å²) in [5, 5.41) is 10.1. The van der Waals surface area contributed by atoms with Crippen LogP contribution in [0.5, 0.6) is 0 Å². The van der Waals surface area contributed by atoms with Gasteiger partial charge in [-0.3, -0.25) is 0 Å². The molecule has 0 aromatic heterocycles. The van der Waals surface area contributed by atoms with Gasteiger partial charge < -0.3 is 0 Å². The van der Waals surface area contributed by atoms with Gasteiger partial charge in [-0.25, -0.2) is 4.85 Å². The number of nitrogens with zero attached hydrogens (tertiary/aromatic N) is 2.